The molecular formula is C17H13F4NO3. The summed E-state index contributed by atoms with van der Waals surface area (Å²) in [6, 6.07) is 9.26. The van der Waals surface area contributed by atoms with E-state index in [-0.39, 0.29) is 12.1 Å². The van der Waals surface area contributed by atoms with Crippen LogP contribution in [0.2, 0.25) is 0 Å². The molecule has 0 spiro atoms. The number of anilines is 1. The van der Waals surface area contributed by atoms with Crippen molar-refractivity contribution in [1.82, 2.24) is 0 Å². The second-order valence-corrected chi connectivity index (χ2v) is 5.09. The zero-order chi connectivity index (χ0) is 18.4. The smallest absolute Gasteiger partial charge is 0.416 e. The van der Waals surface area contributed by atoms with Crippen molar-refractivity contribution in [2.45, 2.75) is 12.6 Å². The van der Waals surface area contributed by atoms with Gasteiger partial charge in [-0.3, -0.25) is 9.59 Å². The maximum absolute atomic E-state index is 12.7. The molecule has 0 aliphatic rings. The van der Waals surface area contributed by atoms with Crippen molar-refractivity contribution in [3.63, 3.8) is 0 Å². The molecule has 0 saturated carbocycles. The Morgan fingerprint density at radius 2 is 1.72 bits per heavy atom. The van der Waals surface area contributed by atoms with E-state index < -0.39 is 36.0 Å². The fourth-order valence-corrected chi connectivity index (χ4v) is 1.94. The van der Waals surface area contributed by atoms with Gasteiger partial charge in [0.15, 0.2) is 6.61 Å². The largest absolute Gasteiger partial charge is 0.455 e. The molecular weight excluding hydrogens is 342 g/mol. The Hall–Kier alpha value is -2.90. The Balaban J connectivity index is 1.84. The molecule has 0 aliphatic carbocycles. The van der Waals surface area contributed by atoms with Gasteiger partial charge in [0.05, 0.1) is 12.0 Å². The molecule has 0 bridgehead atoms. The summed E-state index contributed by atoms with van der Waals surface area (Å²) < 4.78 is 55.2. The number of amides is 1. The molecule has 2 aromatic carbocycles. The molecule has 1 N–H and O–H groups in total. The van der Waals surface area contributed by atoms with Crippen LogP contribution in [0, 0.1) is 5.82 Å². The number of carbonyl (C=O) groups excluding carboxylic acids is 2. The maximum atomic E-state index is 12.7. The Labute approximate surface area is 140 Å². The lowest BCUT2D eigenvalue weighted by Gasteiger charge is -2.10. The Bertz CT molecular complexity index is 757. The number of hydrogen-bond acceptors (Lipinski definition) is 3. The molecule has 0 radical (unpaired) electrons. The summed E-state index contributed by atoms with van der Waals surface area (Å²) in [7, 11) is 0. The zero-order valence-corrected chi connectivity index (χ0v) is 12.8. The molecule has 25 heavy (non-hydrogen) atoms. The minimum absolute atomic E-state index is 0.0607. The number of benzene rings is 2. The van der Waals surface area contributed by atoms with Crippen LogP contribution in [0.3, 0.4) is 0 Å². The standard InChI is InChI=1S/C17H13F4NO3/c18-13-6-4-11(5-7-13)8-16(24)25-10-15(23)22-14-3-1-2-12(9-14)17(19,20)21/h1-7,9H,8,10H2,(H,22,23). The highest BCUT2D eigenvalue weighted by atomic mass is 19.4. The van der Waals surface area contributed by atoms with Gasteiger partial charge in [-0.05, 0) is 35.9 Å². The van der Waals surface area contributed by atoms with Crippen molar-refractivity contribution < 1.29 is 31.9 Å². The van der Waals surface area contributed by atoms with Crippen LogP contribution in [0.15, 0.2) is 48.5 Å². The first-order chi connectivity index (χ1) is 11.7. The molecule has 2 aromatic rings. The molecule has 0 unspecified atom stereocenters. The lowest BCUT2D eigenvalue weighted by Crippen LogP contribution is -2.21. The first-order valence-corrected chi connectivity index (χ1v) is 7.11. The van der Waals surface area contributed by atoms with Gasteiger partial charge in [-0.15, -0.1) is 0 Å². The number of rotatable bonds is 5. The summed E-state index contributed by atoms with van der Waals surface area (Å²) >= 11 is 0. The van der Waals surface area contributed by atoms with Gasteiger partial charge in [0.1, 0.15) is 5.82 Å². The first kappa shape index (κ1) is 18.4. The predicted molar refractivity (Wildman–Crippen MR) is 81.1 cm³/mol. The minimum atomic E-state index is -4.53. The third-order valence-corrected chi connectivity index (χ3v) is 3.10. The summed E-state index contributed by atoms with van der Waals surface area (Å²) in [6.45, 7) is -0.643. The van der Waals surface area contributed by atoms with Crippen molar-refractivity contribution in [3.8, 4) is 0 Å². The fourth-order valence-electron chi connectivity index (χ4n) is 1.94. The molecule has 0 aromatic heterocycles. The van der Waals surface area contributed by atoms with E-state index in [0.29, 0.717) is 5.56 Å². The second kappa shape index (κ2) is 7.78. The van der Waals surface area contributed by atoms with Crippen molar-refractivity contribution in [2.75, 3.05) is 11.9 Å². The average molecular weight is 355 g/mol. The normalized spacial score (nSPS) is 11.0. The summed E-state index contributed by atoms with van der Waals surface area (Å²) in [5, 5.41) is 2.22. The molecule has 132 valence electrons. The highest BCUT2D eigenvalue weighted by molar-refractivity contribution is 5.93. The van der Waals surface area contributed by atoms with Gasteiger partial charge in [0.2, 0.25) is 0 Å². The summed E-state index contributed by atoms with van der Waals surface area (Å²) in [5.41, 5.74) is -0.460. The van der Waals surface area contributed by atoms with Gasteiger partial charge in [-0.2, -0.15) is 13.2 Å². The van der Waals surface area contributed by atoms with Crippen LogP contribution in [0.4, 0.5) is 23.2 Å². The Morgan fingerprint density at radius 1 is 1.04 bits per heavy atom. The van der Waals surface area contributed by atoms with Gasteiger partial charge in [-0.1, -0.05) is 18.2 Å². The highest BCUT2D eigenvalue weighted by Crippen LogP contribution is 2.30. The number of nitrogens with one attached hydrogen (secondary N) is 1. The summed E-state index contributed by atoms with van der Waals surface area (Å²) in [4.78, 5) is 23.3. The van der Waals surface area contributed by atoms with Crippen molar-refractivity contribution in [3.05, 3.63) is 65.5 Å². The zero-order valence-electron chi connectivity index (χ0n) is 12.8. The van der Waals surface area contributed by atoms with E-state index in [9.17, 15) is 27.2 Å². The third kappa shape index (κ3) is 5.91. The van der Waals surface area contributed by atoms with Crippen LogP contribution in [0.1, 0.15) is 11.1 Å². The van der Waals surface area contributed by atoms with E-state index in [2.05, 4.69) is 5.32 Å². The Morgan fingerprint density at radius 3 is 2.36 bits per heavy atom. The first-order valence-electron chi connectivity index (χ1n) is 7.11. The molecule has 0 fully saturated rings. The van der Waals surface area contributed by atoms with Gasteiger partial charge < -0.3 is 10.1 Å². The van der Waals surface area contributed by atoms with Crippen molar-refractivity contribution in [2.24, 2.45) is 0 Å². The van der Waals surface area contributed by atoms with E-state index in [1.807, 2.05) is 0 Å². The fraction of sp³-hybridized carbons (Fsp3) is 0.176. The van der Waals surface area contributed by atoms with Gasteiger partial charge in [0, 0.05) is 5.69 Å². The maximum Gasteiger partial charge on any atom is 0.416 e. The topological polar surface area (TPSA) is 55.4 Å². The number of ether oxygens (including phenoxy) is 1. The summed E-state index contributed by atoms with van der Waals surface area (Å²) in [5.74, 6) is -1.94. The molecule has 1 amide bonds. The van der Waals surface area contributed by atoms with Crippen LogP contribution in [0.5, 0.6) is 0 Å². The van der Waals surface area contributed by atoms with Gasteiger partial charge in [0.25, 0.3) is 5.91 Å². The van der Waals surface area contributed by atoms with E-state index in [0.717, 1.165) is 18.2 Å². The van der Waals surface area contributed by atoms with Crippen LogP contribution in [-0.2, 0) is 26.9 Å². The van der Waals surface area contributed by atoms with Crippen LogP contribution in [-0.4, -0.2) is 18.5 Å². The van der Waals surface area contributed by atoms with E-state index in [1.165, 1.54) is 30.3 Å². The predicted octanol–water partition coefficient (Wildman–Crippen LogP) is 3.57. The molecule has 4 nitrogen and oxygen atoms in total. The molecule has 0 saturated heterocycles. The SMILES string of the molecule is O=C(COC(=O)Cc1ccc(F)cc1)Nc1cccc(C(F)(F)F)c1. The van der Waals surface area contributed by atoms with Crippen LogP contribution in [0.25, 0.3) is 0 Å². The van der Waals surface area contributed by atoms with Crippen molar-refractivity contribution >= 4 is 17.6 Å². The van der Waals surface area contributed by atoms with E-state index in [4.69, 9.17) is 4.74 Å². The van der Waals surface area contributed by atoms with E-state index in [1.54, 1.807) is 0 Å². The third-order valence-electron chi connectivity index (χ3n) is 3.10. The summed E-state index contributed by atoms with van der Waals surface area (Å²) in [6.07, 6.45) is -4.68. The van der Waals surface area contributed by atoms with Crippen molar-refractivity contribution in [1.29, 1.82) is 0 Å². The minimum Gasteiger partial charge on any atom is -0.455 e. The molecule has 2 rings (SSSR count). The monoisotopic (exact) mass is 355 g/mol. The van der Waals surface area contributed by atoms with Crippen LogP contribution >= 0.6 is 0 Å². The van der Waals surface area contributed by atoms with Gasteiger partial charge in [-0.25, -0.2) is 4.39 Å². The lowest BCUT2D eigenvalue weighted by atomic mass is 10.1. The average Bonchev–Trinajstić information content (AvgIpc) is 2.55. The number of esters is 1. The quantitative estimate of drug-likeness (QED) is 0.659. The van der Waals surface area contributed by atoms with E-state index >= 15 is 0 Å². The Kier molecular flexibility index (Phi) is 5.74. The highest BCUT2D eigenvalue weighted by Gasteiger charge is 2.30. The molecule has 0 atom stereocenters. The molecule has 0 aliphatic heterocycles. The number of halogens is 4. The van der Waals surface area contributed by atoms with Gasteiger partial charge >= 0.3 is 12.1 Å². The number of alkyl halides is 3. The van der Waals surface area contributed by atoms with Crippen LogP contribution < -0.4 is 5.32 Å². The second-order valence-electron chi connectivity index (χ2n) is 5.09. The molecule has 8 heteroatoms. The molecule has 0 heterocycles. The number of hydrogen-bond donors (Lipinski definition) is 1. The number of carbonyl (C=O) groups is 2. The lowest BCUT2D eigenvalue weighted by molar-refractivity contribution is -0.146.